The van der Waals surface area contributed by atoms with Crippen molar-refractivity contribution in [3.05, 3.63) is 111 Å². The number of hydrogen-bond donors (Lipinski definition) is 1. The Balaban J connectivity index is 1.62. The Kier molecular flexibility index (Phi) is 7.72. The van der Waals surface area contributed by atoms with Gasteiger partial charge < -0.3 is 4.74 Å². The number of hydrogen-bond acceptors (Lipinski definition) is 4. The molecule has 0 radical (unpaired) electrons. The normalized spacial score (nSPS) is 14.7. The van der Waals surface area contributed by atoms with Gasteiger partial charge in [0.25, 0.3) is 11.8 Å². The predicted molar refractivity (Wildman–Crippen MR) is 144 cm³/mol. The zero-order valence-electron chi connectivity index (χ0n) is 19.4. The largest absolute Gasteiger partial charge is 0.489 e. The number of amides is 4. The van der Waals surface area contributed by atoms with E-state index in [9.17, 15) is 14.4 Å². The first-order valence-electron chi connectivity index (χ1n) is 11.1. The highest BCUT2D eigenvalue weighted by molar-refractivity contribution is 9.10. The van der Waals surface area contributed by atoms with Gasteiger partial charge in [0.2, 0.25) is 0 Å². The van der Waals surface area contributed by atoms with Crippen molar-refractivity contribution >= 4 is 57.1 Å². The van der Waals surface area contributed by atoms with Crippen LogP contribution >= 0.6 is 27.5 Å². The average Bonchev–Trinajstić information content (AvgIpc) is 2.84. The van der Waals surface area contributed by atoms with Crippen LogP contribution in [0.4, 0.5) is 10.5 Å². The Morgan fingerprint density at radius 2 is 1.81 bits per heavy atom. The number of urea groups is 1. The molecule has 6 nitrogen and oxygen atoms in total. The monoisotopic (exact) mass is 564 g/mol. The maximum absolute atomic E-state index is 13.2. The van der Waals surface area contributed by atoms with Crippen molar-refractivity contribution in [2.45, 2.75) is 20.0 Å². The number of halogens is 2. The van der Waals surface area contributed by atoms with Crippen LogP contribution in [0.3, 0.4) is 0 Å². The van der Waals surface area contributed by atoms with Gasteiger partial charge in [-0.25, -0.2) is 9.69 Å². The lowest BCUT2D eigenvalue weighted by Crippen LogP contribution is -2.54. The van der Waals surface area contributed by atoms with Crippen molar-refractivity contribution in [1.29, 1.82) is 0 Å². The maximum Gasteiger partial charge on any atom is 0.335 e. The third kappa shape index (κ3) is 5.58. The molecule has 0 atom stereocenters. The second-order valence-corrected chi connectivity index (χ2v) is 9.46. The highest BCUT2D eigenvalue weighted by Gasteiger charge is 2.37. The molecule has 182 valence electrons. The molecular formula is C28H22BrClN2O4. The summed E-state index contributed by atoms with van der Waals surface area (Å²) in [7, 11) is 0. The minimum Gasteiger partial charge on any atom is -0.489 e. The summed E-state index contributed by atoms with van der Waals surface area (Å²) in [4.78, 5) is 39.3. The summed E-state index contributed by atoms with van der Waals surface area (Å²) in [6, 6.07) is 17.0. The van der Waals surface area contributed by atoms with Crippen molar-refractivity contribution in [2.75, 3.05) is 4.90 Å². The molecule has 1 saturated heterocycles. The topological polar surface area (TPSA) is 75.7 Å². The number of anilines is 1. The van der Waals surface area contributed by atoms with Gasteiger partial charge in [-0.1, -0.05) is 51.8 Å². The average molecular weight is 566 g/mol. The third-order valence-corrected chi connectivity index (χ3v) is 6.71. The van der Waals surface area contributed by atoms with E-state index in [4.69, 9.17) is 16.3 Å². The van der Waals surface area contributed by atoms with Crippen LogP contribution in [0.5, 0.6) is 5.75 Å². The summed E-state index contributed by atoms with van der Waals surface area (Å²) >= 11 is 9.35. The van der Waals surface area contributed by atoms with Gasteiger partial charge in [-0.2, -0.15) is 0 Å². The molecule has 36 heavy (non-hydrogen) atoms. The summed E-state index contributed by atoms with van der Waals surface area (Å²) in [6.45, 7) is 6.01. The standard InChI is InChI=1S/C28H22BrClN2O4/c1-3-4-20-14-19(7-12-25(20)36-16-18-5-8-21(30)9-6-18)15-23-26(33)31-28(35)32(27(23)34)22-10-11-24(29)17(2)13-22/h3,5-15H,1,4,16H2,2H3,(H,31,33,35)/b23-15+. The molecule has 1 aliphatic rings. The van der Waals surface area contributed by atoms with Gasteiger partial charge in [-0.05, 0) is 84.1 Å². The van der Waals surface area contributed by atoms with Gasteiger partial charge >= 0.3 is 6.03 Å². The quantitative estimate of drug-likeness (QED) is 0.205. The summed E-state index contributed by atoms with van der Waals surface area (Å²) in [5.74, 6) is -0.782. The summed E-state index contributed by atoms with van der Waals surface area (Å²) < 4.78 is 6.84. The highest BCUT2D eigenvalue weighted by atomic mass is 79.9. The van der Waals surface area contributed by atoms with E-state index in [0.29, 0.717) is 35.1 Å². The summed E-state index contributed by atoms with van der Waals surface area (Å²) in [6.07, 6.45) is 3.74. The molecule has 3 aromatic rings. The van der Waals surface area contributed by atoms with Gasteiger partial charge in [0.15, 0.2) is 0 Å². The molecule has 8 heteroatoms. The van der Waals surface area contributed by atoms with Crippen LogP contribution in [0.1, 0.15) is 22.3 Å². The van der Waals surface area contributed by atoms with Gasteiger partial charge in [-0.15, -0.1) is 6.58 Å². The summed E-state index contributed by atoms with van der Waals surface area (Å²) in [5.41, 5.74) is 3.50. The van der Waals surface area contributed by atoms with Crippen molar-refractivity contribution in [3.8, 4) is 5.75 Å². The lowest BCUT2D eigenvalue weighted by atomic mass is 10.0. The Morgan fingerprint density at radius 3 is 2.50 bits per heavy atom. The van der Waals surface area contributed by atoms with E-state index in [1.54, 1.807) is 48.5 Å². The molecule has 1 aliphatic heterocycles. The number of allylic oxidation sites excluding steroid dienone is 1. The molecule has 0 aromatic heterocycles. The number of barbiturate groups is 1. The minimum atomic E-state index is -0.790. The van der Waals surface area contributed by atoms with Crippen molar-refractivity contribution in [2.24, 2.45) is 0 Å². The van der Waals surface area contributed by atoms with Crippen LogP contribution in [0.25, 0.3) is 6.08 Å². The third-order valence-electron chi connectivity index (χ3n) is 5.57. The van der Waals surface area contributed by atoms with Crippen LogP contribution in [-0.2, 0) is 22.6 Å². The molecule has 0 bridgehead atoms. The summed E-state index contributed by atoms with van der Waals surface area (Å²) in [5, 5.41) is 2.91. The van der Waals surface area contributed by atoms with E-state index in [0.717, 1.165) is 26.1 Å². The number of carbonyl (C=O) groups excluding carboxylic acids is 3. The smallest absolute Gasteiger partial charge is 0.335 e. The van der Waals surface area contributed by atoms with E-state index in [-0.39, 0.29) is 5.57 Å². The molecule has 1 fully saturated rings. The van der Waals surface area contributed by atoms with Crippen molar-refractivity contribution in [1.82, 2.24) is 5.32 Å². The van der Waals surface area contributed by atoms with Crippen LogP contribution in [0.2, 0.25) is 5.02 Å². The Bertz CT molecular complexity index is 1400. The second-order valence-electron chi connectivity index (χ2n) is 8.17. The number of aryl methyl sites for hydroxylation is 1. The SMILES string of the molecule is C=CCc1cc(/C=C2\C(=O)NC(=O)N(c3ccc(Br)c(C)c3)C2=O)ccc1OCc1ccc(Cl)cc1. The zero-order valence-corrected chi connectivity index (χ0v) is 21.7. The van der Waals surface area contributed by atoms with Crippen LogP contribution in [0.15, 0.2) is 83.4 Å². The lowest BCUT2D eigenvalue weighted by Gasteiger charge is -2.26. The van der Waals surface area contributed by atoms with Crippen molar-refractivity contribution < 1.29 is 19.1 Å². The van der Waals surface area contributed by atoms with Crippen molar-refractivity contribution in [3.63, 3.8) is 0 Å². The highest BCUT2D eigenvalue weighted by Crippen LogP contribution is 2.28. The molecule has 4 rings (SSSR count). The molecule has 1 heterocycles. The molecule has 0 aliphatic carbocycles. The van der Waals surface area contributed by atoms with Crippen LogP contribution < -0.4 is 15.0 Å². The van der Waals surface area contributed by atoms with Crippen LogP contribution in [0, 0.1) is 6.92 Å². The number of rotatable bonds is 7. The molecule has 3 aromatic carbocycles. The number of benzene rings is 3. The van der Waals surface area contributed by atoms with E-state index in [2.05, 4.69) is 27.8 Å². The van der Waals surface area contributed by atoms with Gasteiger partial charge in [0.1, 0.15) is 17.9 Å². The number of nitrogens with zero attached hydrogens (tertiary/aromatic N) is 1. The van der Waals surface area contributed by atoms with Gasteiger partial charge in [-0.3, -0.25) is 14.9 Å². The molecule has 0 unspecified atom stereocenters. The fraction of sp³-hybridized carbons (Fsp3) is 0.107. The molecule has 4 amide bonds. The Morgan fingerprint density at radius 1 is 1.06 bits per heavy atom. The molecule has 0 spiro atoms. The van der Waals surface area contributed by atoms with Crippen LogP contribution in [-0.4, -0.2) is 17.8 Å². The molecule has 0 saturated carbocycles. The predicted octanol–water partition coefficient (Wildman–Crippen LogP) is 6.38. The first kappa shape index (κ1) is 25.4. The first-order chi connectivity index (χ1) is 17.3. The number of nitrogens with one attached hydrogen (secondary N) is 1. The lowest BCUT2D eigenvalue weighted by molar-refractivity contribution is -0.122. The Labute approximate surface area is 222 Å². The van der Waals surface area contributed by atoms with E-state index in [1.165, 1.54) is 6.08 Å². The minimum absolute atomic E-state index is 0.144. The number of carbonyl (C=O) groups is 3. The van der Waals surface area contributed by atoms with E-state index < -0.39 is 17.8 Å². The zero-order chi connectivity index (χ0) is 25.8. The number of imide groups is 2. The Hall–Kier alpha value is -3.68. The molecule has 1 N–H and O–H groups in total. The van der Waals surface area contributed by atoms with E-state index >= 15 is 0 Å². The second kappa shape index (κ2) is 10.9. The fourth-order valence-corrected chi connectivity index (χ4v) is 4.09. The van der Waals surface area contributed by atoms with Gasteiger partial charge in [0.05, 0.1) is 5.69 Å². The fourth-order valence-electron chi connectivity index (χ4n) is 3.71. The molecular weight excluding hydrogens is 544 g/mol. The van der Waals surface area contributed by atoms with Gasteiger partial charge in [0, 0.05) is 9.50 Å². The first-order valence-corrected chi connectivity index (χ1v) is 12.2. The maximum atomic E-state index is 13.2. The van der Waals surface area contributed by atoms with E-state index in [1.807, 2.05) is 25.1 Å². The number of ether oxygens (including phenoxy) is 1.